The van der Waals surface area contributed by atoms with Gasteiger partial charge in [-0.2, -0.15) is 0 Å². The SMILES string of the molecule is CC1(C)[C@H](C=C(Cl)Cl)[C@@H]1C(=O)N(Cc1cccs1)[C@@H]1CCS(=O)(=O)C1. The number of thiophene rings is 1. The standard InChI is InChI=1S/C17H21Cl2NO3S2/c1-17(2)13(8-14(18)19)15(17)16(21)20(9-12-4-3-6-24-12)11-5-7-25(22,23)10-11/h3-4,6,8,11,13,15H,5,7,9-10H2,1-2H3/t11-,13-,15-/m1/s1. The first kappa shape index (κ1) is 19.2. The average Bonchev–Trinajstić information content (AvgIpc) is 2.93. The largest absolute Gasteiger partial charge is 0.333 e. The van der Waals surface area contributed by atoms with Crippen LogP contribution in [-0.2, 0) is 21.2 Å². The Labute approximate surface area is 162 Å². The van der Waals surface area contributed by atoms with Gasteiger partial charge in [0.05, 0.1) is 24.0 Å². The number of hydrogen-bond donors (Lipinski definition) is 0. The third-order valence-electron chi connectivity index (χ3n) is 5.32. The highest BCUT2D eigenvalue weighted by atomic mass is 35.5. The molecule has 2 fully saturated rings. The fourth-order valence-corrected chi connectivity index (χ4v) is 6.46. The van der Waals surface area contributed by atoms with E-state index in [-0.39, 0.29) is 45.2 Å². The minimum absolute atomic E-state index is 0.00340. The lowest BCUT2D eigenvalue weighted by atomic mass is 10.1. The summed E-state index contributed by atoms with van der Waals surface area (Å²) in [5, 5.41) is 1.96. The van der Waals surface area contributed by atoms with E-state index in [0.717, 1.165) is 4.88 Å². The van der Waals surface area contributed by atoms with Crippen molar-refractivity contribution in [3.63, 3.8) is 0 Å². The quantitative estimate of drug-likeness (QED) is 0.724. The van der Waals surface area contributed by atoms with Crippen molar-refractivity contribution in [1.82, 2.24) is 4.90 Å². The summed E-state index contributed by atoms with van der Waals surface area (Å²) in [6.07, 6.45) is 2.23. The van der Waals surface area contributed by atoms with Crippen LogP contribution in [0.4, 0.5) is 0 Å². The zero-order valence-electron chi connectivity index (χ0n) is 14.1. The highest BCUT2D eigenvalue weighted by Gasteiger charge is 2.62. The molecule has 1 aromatic rings. The summed E-state index contributed by atoms with van der Waals surface area (Å²) in [4.78, 5) is 16.1. The van der Waals surface area contributed by atoms with Crippen LogP contribution in [0.2, 0.25) is 0 Å². The number of rotatable bonds is 5. The molecule has 25 heavy (non-hydrogen) atoms. The van der Waals surface area contributed by atoms with Gasteiger partial charge in [-0.15, -0.1) is 11.3 Å². The molecule has 1 saturated heterocycles. The van der Waals surface area contributed by atoms with Gasteiger partial charge in [0, 0.05) is 10.9 Å². The third-order valence-corrected chi connectivity index (χ3v) is 8.18. The summed E-state index contributed by atoms with van der Waals surface area (Å²) in [5.74, 6) is -0.0430. The monoisotopic (exact) mass is 421 g/mol. The molecule has 0 radical (unpaired) electrons. The minimum atomic E-state index is -3.06. The summed E-state index contributed by atoms with van der Waals surface area (Å²) < 4.78 is 24.0. The van der Waals surface area contributed by atoms with Crippen LogP contribution < -0.4 is 0 Å². The van der Waals surface area contributed by atoms with Crippen LogP contribution >= 0.6 is 34.5 Å². The molecule has 1 amide bonds. The molecule has 2 aliphatic rings. The summed E-state index contributed by atoms with van der Waals surface area (Å²) in [7, 11) is -3.06. The first-order valence-electron chi connectivity index (χ1n) is 8.18. The van der Waals surface area contributed by atoms with Crippen molar-refractivity contribution in [3.8, 4) is 0 Å². The van der Waals surface area contributed by atoms with E-state index in [1.807, 2.05) is 31.4 Å². The molecule has 138 valence electrons. The molecule has 1 saturated carbocycles. The smallest absolute Gasteiger partial charge is 0.227 e. The number of carbonyl (C=O) groups is 1. The van der Waals surface area contributed by atoms with Gasteiger partial charge in [-0.3, -0.25) is 4.79 Å². The van der Waals surface area contributed by atoms with Gasteiger partial charge in [-0.05, 0) is 35.3 Å². The Balaban J connectivity index is 1.84. The second-order valence-corrected chi connectivity index (χ2v) is 11.7. The first-order valence-corrected chi connectivity index (χ1v) is 11.6. The predicted octanol–water partition coefficient (Wildman–Crippen LogP) is 3.86. The minimum Gasteiger partial charge on any atom is -0.333 e. The third kappa shape index (κ3) is 4.07. The zero-order chi connectivity index (χ0) is 18.4. The number of hydrogen-bond acceptors (Lipinski definition) is 4. The lowest BCUT2D eigenvalue weighted by molar-refractivity contribution is -0.136. The average molecular weight is 422 g/mol. The van der Waals surface area contributed by atoms with Crippen LogP contribution in [0.5, 0.6) is 0 Å². The van der Waals surface area contributed by atoms with Crippen molar-refractivity contribution in [2.45, 2.75) is 32.9 Å². The van der Waals surface area contributed by atoms with Gasteiger partial charge in [0.2, 0.25) is 5.91 Å². The van der Waals surface area contributed by atoms with Crippen LogP contribution in [0.1, 0.15) is 25.1 Å². The van der Waals surface area contributed by atoms with Crippen molar-refractivity contribution >= 4 is 50.3 Å². The Hall–Kier alpha value is -0.560. The number of carbonyl (C=O) groups excluding carboxylic acids is 1. The molecule has 2 heterocycles. The summed E-state index contributed by atoms with van der Waals surface area (Å²) in [6.45, 7) is 4.48. The van der Waals surface area contributed by atoms with Gasteiger partial charge in [0.25, 0.3) is 0 Å². The maximum atomic E-state index is 13.3. The number of allylic oxidation sites excluding steroid dienone is 1. The number of sulfone groups is 1. The second-order valence-electron chi connectivity index (χ2n) is 7.38. The number of halogens is 2. The van der Waals surface area contributed by atoms with Crippen LogP contribution in [0.25, 0.3) is 0 Å². The maximum Gasteiger partial charge on any atom is 0.227 e. The predicted molar refractivity (Wildman–Crippen MR) is 102 cm³/mol. The molecule has 4 nitrogen and oxygen atoms in total. The second kappa shape index (κ2) is 6.87. The molecular weight excluding hydrogens is 401 g/mol. The van der Waals surface area contributed by atoms with E-state index >= 15 is 0 Å². The summed E-state index contributed by atoms with van der Waals surface area (Å²) in [5.41, 5.74) is -0.225. The fraction of sp³-hybridized carbons (Fsp3) is 0.588. The van der Waals surface area contributed by atoms with Gasteiger partial charge in [0.1, 0.15) is 4.49 Å². The highest BCUT2D eigenvalue weighted by Crippen LogP contribution is 2.60. The van der Waals surface area contributed by atoms with Crippen molar-refractivity contribution < 1.29 is 13.2 Å². The molecular formula is C17H21Cl2NO3S2. The maximum absolute atomic E-state index is 13.3. The van der Waals surface area contributed by atoms with E-state index in [9.17, 15) is 13.2 Å². The van der Waals surface area contributed by atoms with Gasteiger partial charge in [0.15, 0.2) is 9.84 Å². The van der Waals surface area contributed by atoms with E-state index < -0.39 is 9.84 Å². The lowest BCUT2D eigenvalue weighted by Gasteiger charge is -2.28. The van der Waals surface area contributed by atoms with E-state index in [4.69, 9.17) is 23.2 Å². The Bertz CT molecular complexity index is 783. The molecule has 3 atom stereocenters. The molecule has 3 rings (SSSR count). The van der Waals surface area contributed by atoms with Crippen molar-refractivity contribution in [2.75, 3.05) is 11.5 Å². The number of amides is 1. The Kier molecular flexibility index (Phi) is 5.28. The van der Waals surface area contributed by atoms with Crippen molar-refractivity contribution in [3.05, 3.63) is 33.0 Å². The molecule has 0 bridgehead atoms. The van der Waals surface area contributed by atoms with Crippen LogP contribution in [0, 0.1) is 17.3 Å². The highest BCUT2D eigenvalue weighted by molar-refractivity contribution is 7.91. The summed E-state index contributed by atoms with van der Waals surface area (Å²) in [6, 6.07) is 3.65. The molecule has 0 unspecified atom stereocenters. The first-order chi connectivity index (χ1) is 11.6. The van der Waals surface area contributed by atoms with E-state index in [2.05, 4.69) is 0 Å². The molecule has 1 aliphatic heterocycles. The van der Waals surface area contributed by atoms with Gasteiger partial charge in [-0.1, -0.05) is 43.1 Å². The van der Waals surface area contributed by atoms with Crippen LogP contribution in [-0.4, -0.2) is 36.8 Å². The summed E-state index contributed by atoms with van der Waals surface area (Å²) >= 11 is 13.2. The van der Waals surface area contributed by atoms with Crippen LogP contribution in [0.15, 0.2) is 28.1 Å². The van der Waals surface area contributed by atoms with E-state index in [0.29, 0.717) is 13.0 Å². The topological polar surface area (TPSA) is 54.5 Å². The van der Waals surface area contributed by atoms with Gasteiger partial charge in [-0.25, -0.2) is 8.42 Å². The van der Waals surface area contributed by atoms with Crippen molar-refractivity contribution in [1.29, 1.82) is 0 Å². The lowest BCUT2D eigenvalue weighted by Crippen LogP contribution is -2.42. The Morgan fingerprint density at radius 3 is 2.68 bits per heavy atom. The molecule has 1 aliphatic carbocycles. The fourth-order valence-electron chi connectivity index (χ4n) is 3.75. The Morgan fingerprint density at radius 1 is 1.44 bits per heavy atom. The number of nitrogens with zero attached hydrogens (tertiary/aromatic N) is 1. The van der Waals surface area contributed by atoms with Gasteiger partial charge >= 0.3 is 0 Å². The normalized spacial score (nSPS) is 29.2. The molecule has 0 N–H and O–H groups in total. The Morgan fingerprint density at radius 2 is 2.16 bits per heavy atom. The molecule has 1 aromatic heterocycles. The van der Waals surface area contributed by atoms with E-state index in [1.165, 1.54) is 0 Å². The molecule has 0 spiro atoms. The zero-order valence-corrected chi connectivity index (χ0v) is 17.3. The van der Waals surface area contributed by atoms with E-state index in [1.54, 1.807) is 22.3 Å². The van der Waals surface area contributed by atoms with Crippen molar-refractivity contribution in [2.24, 2.45) is 17.3 Å². The van der Waals surface area contributed by atoms with Gasteiger partial charge < -0.3 is 4.90 Å². The molecule has 8 heteroatoms. The molecule has 0 aromatic carbocycles. The van der Waals surface area contributed by atoms with Crippen LogP contribution in [0.3, 0.4) is 0 Å².